The van der Waals surface area contributed by atoms with Crippen LogP contribution in [-0.4, -0.2) is 44.0 Å². The minimum atomic E-state index is -0.220. The number of fused-ring (bicyclic) bond motifs is 1. The molecular formula is C35H41NO4. The van der Waals surface area contributed by atoms with Gasteiger partial charge in [0.25, 0.3) is 0 Å². The summed E-state index contributed by atoms with van der Waals surface area (Å²) in [6.45, 7) is 11.5. The lowest BCUT2D eigenvalue weighted by atomic mass is 9.86. The van der Waals surface area contributed by atoms with Crippen LogP contribution < -0.4 is 14.2 Å². The minimum absolute atomic E-state index is 0.152. The lowest BCUT2D eigenvalue weighted by Gasteiger charge is -2.31. The zero-order chi connectivity index (χ0) is 27.5. The van der Waals surface area contributed by atoms with Crippen molar-refractivity contribution in [3.05, 3.63) is 89.0 Å². The van der Waals surface area contributed by atoms with Crippen LogP contribution in [0.2, 0.25) is 0 Å². The SMILES string of the molecule is CC1=C(c2ccc(OC3CCCCO3)cc2)C(c2ccc(OCCN3CC[C@@H](C)C3)cc2)Oc2cc(C)ccc21. The molecule has 5 nitrogen and oxygen atoms in total. The molecule has 3 atom stereocenters. The molecule has 2 fully saturated rings. The normalized spacial score (nSPS) is 23.0. The van der Waals surface area contributed by atoms with Crippen LogP contribution in [0.5, 0.6) is 17.2 Å². The Kier molecular flexibility index (Phi) is 8.12. The molecule has 2 saturated heterocycles. The second-order valence-corrected chi connectivity index (χ2v) is 11.6. The van der Waals surface area contributed by atoms with Crippen LogP contribution in [0.15, 0.2) is 66.7 Å². The van der Waals surface area contributed by atoms with Gasteiger partial charge in [0.1, 0.15) is 30.0 Å². The molecule has 3 aromatic carbocycles. The third-order valence-electron chi connectivity index (χ3n) is 8.39. The summed E-state index contributed by atoms with van der Waals surface area (Å²) in [5.74, 6) is 3.46. The fourth-order valence-corrected chi connectivity index (χ4v) is 6.10. The third-order valence-corrected chi connectivity index (χ3v) is 8.39. The Hall–Kier alpha value is -3.28. The van der Waals surface area contributed by atoms with Crippen LogP contribution >= 0.6 is 0 Å². The first-order valence-electron chi connectivity index (χ1n) is 14.9. The predicted octanol–water partition coefficient (Wildman–Crippen LogP) is 7.69. The van der Waals surface area contributed by atoms with E-state index < -0.39 is 0 Å². The quantitative estimate of drug-likeness (QED) is 0.294. The topological polar surface area (TPSA) is 40.2 Å². The molecular weight excluding hydrogens is 498 g/mol. The molecule has 210 valence electrons. The lowest BCUT2D eigenvalue weighted by Crippen LogP contribution is -2.25. The van der Waals surface area contributed by atoms with Crippen molar-refractivity contribution in [3.8, 4) is 17.2 Å². The summed E-state index contributed by atoms with van der Waals surface area (Å²) in [5, 5.41) is 0. The van der Waals surface area contributed by atoms with Gasteiger partial charge >= 0.3 is 0 Å². The van der Waals surface area contributed by atoms with Gasteiger partial charge in [-0.2, -0.15) is 0 Å². The molecule has 0 saturated carbocycles. The summed E-state index contributed by atoms with van der Waals surface area (Å²) in [4.78, 5) is 2.49. The second-order valence-electron chi connectivity index (χ2n) is 11.6. The van der Waals surface area contributed by atoms with E-state index in [-0.39, 0.29) is 12.4 Å². The minimum Gasteiger partial charge on any atom is -0.492 e. The van der Waals surface area contributed by atoms with E-state index in [2.05, 4.69) is 80.3 Å². The van der Waals surface area contributed by atoms with Gasteiger partial charge in [-0.1, -0.05) is 43.3 Å². The first kappa shape index (κ1) is 26.9. The van der Waals surface area contributed by atoms with Crippen LogP contribution in [0.4, 0.5) is 0 Å². The zero-order valence-electron chi connectivity index (χ0n) is 24.0. The Morgan fingerprint density at radius 3 is 2.42 bits per heavy atom. The van der Waals surface area contributed by atoms with Crippen molar-refractivity contribution >= 4 is 11.1 Å². The van der Waals surface area contributed by atoms with Crippen molar-refractivity contribution in [2.24, 2.45) is 5.92 Å². The molecule has 0 spiro atoms. The van der Waals surface area contributed by atoms with E-state index in [1.54, 1.807) is 0 Å². The molecule has 6 rings (SSSR count). The van der Waals surface area contributed by atoms with Crippen molar-refractivity contribution in [3.63, 3.8) is 0 Å². The Balaban J connectivity index is 1.22. The van der Waals surface area contributed by atoms with E-state index in [0.717, 1.165) is 72.3 Å². The molecule has 3 aliphatic rings. The summed E-state index contributed by atoms with van der Waals surface area (Å²) in [5.41, 5.74) is 6.98. The number of rotatable bonds is 8. The molecule has 0 radical (unpaired) electrons. The Bertz CT molecular complexity index is 1320. The van der Waals surface area contributed by atoms with Crippen molar-refractivity contribution in [1.82, 2.24) is 4.90 Å². The zero-order valence-corrected chi connectivity index (χ0v) is 24.0. The number of hydrogen-bond donors (Lipinski definition) is 0. The van der Waals surface area contributed by atoms with Gasteiger partial charge in [-0.05, 0) is 98.2 Å². The van der Waals surface area contributed by atoms with Gasteiger partial charge < -0.3 is 18.9 Å². The van der Waals surface area contributed by atoms with Crippen molar-refractivity contribution in [2.45, 2.75) is 58.8 Å². The molecule has 0 N–H and O–H groups in total. The predicted molar refractivity (Wildman–Crippen MR) is 160 cm³/mol. The van der Waals surface area contributed by atoms with Crippen LogP contribution in [0.25, 0.3) is 11.1 Å². The molecule has 3 aromatic rings. The smallest absolute Gasteiger partial charge is 0.199 e. The average molecular weight is 540 g/mol. The Morgan fingerprint density at radius 1 is 0.900 bits per heavy atom. The van der Waals surface area contributed by atoms with Gasteiger partial charge in [0.15, 0.2) is 6.29 Å². The lowest BCUT2D eigenvalue weighted by molar-refractivity contribution is -0.105. The largest absolute Gasteiger partial charge is 0.492 e. The van der Waals surface area contributed by atoms with E-state index in [9.17, 15) is 0 Å². The highest BCUT2D eigenvalue weighted by atomic mass is 16.7. The molecule has 40 heavy (non-hydrogen) atoms. The van der Waals surface area contributed by atoms with E-state index in [4.69, 9.17) is 18.9 Å². The number of benzene rings is 3. The van der Waals surface area contributed by atoms with E-state index in [0.29, 0.717) is 6.61 Å². The Morgan fingerprint density at radius 2 is 1.70 bits per heavy atom. The number of aryl methyl sites for hydroxylation is 1. The number of allylic oxidation sites excluding steroid dienone is 1. The molecule has 3 aliphatic heterocycles. The van der Waals surface area contributed by atoms with Gasteiger partial charge in [0, 0.05) is 30.6 Å². The molecule has 0 bridgehead atoms. The third kappa shape index (κ3) is 6.06. The maximum atomic E-state index is 6.73. The van der Waals surface area contributed by atoms with Gasteiger partial charge in [0.2, 0.25) is 0 Å². The summed E-state index contributed by atoms with van der Waals surface area (Å²) in [6.07, 6.45) is 4.12. The van der Waals surface area contributed by atoms with Crippen LogP contribution in [0.3, 0.4) is 0 Å². The van der Waals surface area contributed by atoms with Gasteiger partial charge in [-0.15, -0.1) is 0 Å². The fourth-order valence-electron chi connectivity index (χ4n) is 6.10. The van der Waals surface area contributed by atoms with E-state index in [1.165, 1.54) is 36.2 Å². The average Bonchev–Trinajstić information content (AvgIpc) is 3.39. The fraction of sp³-hybridized carbons (Fsp3) is 0.429. The summed E-state index contributed by atoms with van der Waals surface area (Å²) in [7, 11) is 0. The number of ether oxygens (including phenoxy) is 4. The Labute approximate surface area is 238 Å². The highest BCUT2D eigenvalue weighted by Gasteiger charge is 2.29. The molecule has 0 amide bonds. The molecule has 2 unspecified atom stereocenters. The van der Waals surface area contributed by atoms with Crippen LogP contribution in [0, 0.1) is 12.8 Å². The monoisotopic (exact) mass is 539 g/mol. The summed E-state index contributed by atoms with van der Waals surface area (Å²) in [6, 6.07) is 23.3. The van der Waals surface area contributed by atoms with Crippen molar-refractivity contribution < 1.29 is 18.9 Å². The van der Waals surface area contributed by atoms with Gasteiger partial charge in [-0.25, -0.2) is 0 Å². The number of likely N-dealkylation sites (tertiary alicyclic amines) is 1. The highest BCUT2D eigenvalue weighted by molar-refractivity contribution is 5.95. The maximum Gasteiger partial charge on any atom is 0.199 e. The van der Waals surface area contributed by atoms with Crippen LogP contribution in [0.1, 0.15) is 67.9 Å². The number of nitrogens with zero attached hydrogens (tertiary/aromatic N) is 1. The van der Waals surface area contributed by atoms with E-state index >= 15 is 0 Å². The summed E-state index contributed by atoms with van der Waals surface area (Å²) >= 11 is 0. The standard InChI is InChI=1S/C35H41NO4/c1-24-7-16-31-26(3)34(27-8-14-30(15-9-27)39-33-6-4-5-20-38-33)35(40-32(31)22-24)28-10-12-29(13-11-28)37-21-19-36-18-17-25(2)23-36/h7-16,22,25,33,35H,4-6,17-21,23H2,1-3H3/t25-,33?,35?/m1/s1. The molecule has 0 aromatic heterocycles. The molecule has 0 aliphatic carbocycles. The molecule has 5 heteroatoms. The maximum absolute atomic E-state index is 6.73. The van der Waals surface area contributed by atoms with Gasteiger partial charge in [0.05, 0.1) is 6.61 Å². The van der Waals surface area contributed by atoms with Gasteiger partial charge in [-0.3, -0.25) is 4.90 Å². The first-order chi connectivity index (χ1) is 19.5. The van der Waals surface area contributed by atoms with E-state index in [1.807, 2.05) is 12.1 Å². The van der Waals surface area contributed by atoms with Crippen LogP contribution in [-0.2, 0) is 4.74 Å². The summed E-state index contributed by atoms with van der Waals surface area (Å²) < 4.78 is 24.7. The number of hydrogen-bond acceptors (Lipinski definition) is 5. The van der Waals surface area contributed by atoms with Crippen molar-refractivity contribution in [1.29, 1.82) is 0 Å². The van der Waals surface area contributed by atoms with Crippen molar-refractivity contribution in [2.75, 3.05) is 32.8 Å². The second kappa shape index (κ2) is 12.1. The molecule has 3 heterocycles. The first-order valence-corrected chi connectivity index (χ1v) is 14.9. The highest BCUT2D eigenvalue weighted by Crippen LogP contribution is 2.47.